The number of morpholine rings is 1. The maximum atomic E-state index is 12.0. The first-order valence-corrected chi connectivity index (χ1v) is 7.15. The molecule has 1 amide bonds. The number of carbonyl (C=O) groups excluding carboxylic acids is 2. The highest BCUT2D eigenvalue weighted by atomic mass is 16.5. The largest absolute Gasteiger partial charge is 0.465 e. The van der Waals surface area contributed by atoms with Crippen LogP contribution >= 0.6 is 0 Å². The molecule has 1 aliphatic heterocycles. The molecule has 0 atom stereocenters. The molecule has 0 radical (unpaired) electrons. The van der Waals surface area contributed by atoms with Gasteiger partial charge in [0, 0.05) is 18.8 Å². The molecule has 0 aromatic heterocycles. The Bertz CT molecular complexity index is 542. The number of likely N-dealkylation sites (N-methyl/N-ethyl adjacent to an activating group) is 1. The zero-order valence-corrected chi connectivity index (χ0v) is 12.8. The van der Waals surface area contributed by atoms with Crippen LogP contribution in [0.25, 0.3) is 0 Å². The Morgan fingerprint density at radius 3 is 2.68 bits per heavy atom. The molecular formula is C15H21N3O4. The van der Waals surface area contributed by atoms with E-state index in [2.05, 4.69) is 15.5 Å². The molecule has 2 N–H and O–H groups in total. The van der Waals surface area contributed by atoms with Crippen molar-refractivity contribution in [3.8, 4) is 0 Å². The first-order valence-electron chi connectivity index (χ1n) is 7.15. The maximum absolute atomic E-state index is 12.0. The predicted octanol–water partition coefficient (Wildman–Crippen LogP) is 0.468. The van der Waals surface area contributed by atoms with Gasteiger partial charge >= 0.3 is 5.97 Å². The summed E-state index contributed by atoms with van der Waals surface area (Å²) in [7, 11) is 3.01. The normalized spacial score (nSPS) is 14.5. The molecule has 0 spiro atoms. The van der Waals surface area contributed by atoms with Crippen LogP contribution in [0.1, 0.15) is 10.4 Å². The van der Waals surface area contributed by atoms with Crippen molar-refractivity contribution in [1.29, 1.82) is 0 Å². The van der Waals surface area contributed by atoms with Gasteiger partial charge in [0.1, 0.15) is 0 Å². The molecule has 7 heteroatoms. The summed E-state index contributed by atoms with van der Waals surface area (Å²) in [6.07, 6.45) is 0. The van der Waals surface area contributed by atoms with E-state index >= 15 is 0 Å². The highest BCUT2D eigenvalue weighted by Gasteiger charge is 2.18. The lowest BCUT2D eigenvalue weighted by molar-refractivity contribution is -0.115. The standard InChI is InChI=1S/C15H21N3O4/c1-16-10-14(19)17-13-4-3-11(9-12(13)15(20)21-2)18-5-7-22-8-6-18/h3-4,9,16H,5-8,10H2,1-2H3,(H,17,19). The van der Waals surface area contributed by atoms with Crippen LogP contribution in [-0.2, 0) is 14.3 Å². The molecule has 0 aliphatic carbocycles. The maximum Gasteiger partial charge on any atom is 0.340 e. The molecule has 120 valence electrons. The van der Waals surface area contributed by atoms with Crippen molar-refractivity contribution >= 4 is 23.3 Å². The molecule has 1 aliphatic rings. The lowest BCUT2D eigenvalue weighted by Gasteiger charge is -2.29. The van der Waals surface area contributed by atoms with E-state index in [1.165, 1.54) is 7.11 Å². The third kappa shape index (κ3) is 3.96. The van der Waals surface area contributed by atoms with Gasteiger partial charge in [0.05, 0.1) is 38.1 Å². The van der Waals surface area contributed by atoms with Crippen LogP contribution < -0.4 is 15.5 Å². The molecule has 1 aromatic rings. The summed E-state index contributed by atoms with van der Waals surface area (Å²) in [4.78, 5) is 25.8. The third-order valence-electron chi connectivity index (χ3n) is 3.40. The highest BCUT2D eigenvalue weighted by Crippen LogP contribution is 2.25. The number of nitrogens with zero attached hydrogens (tertiary/aromatic N) is 1. The van der Waals surface area contributed by atoms with Crippen LogP contribution in [-0.4, -0.2) is 58.9 Å². The van der Waals surface area contributed by atoms with Gasteiger partial charge in [-0.25, -0.2) is 4.79 Å². The van der Waals surface area contributed by atoms with Gasteiger partial charge in [-0.1, -0.05) is 0 Å². The fourth-order valence-electron chi connectivity index (χ4n) is 2.29. The van der Waals surface area contributed by atoms with E-state index in [0.29, 0.717) is 24.5 Å². The first kappa shape index (κ1) is 16.3. The fourth-order valence-corrected chi connectivity index (χ4v) is 2.29. The number of hydrogen-bond donors (Lipinski definition) is 2. The van der Waals surface area contributed by atoms with Gasteiger partial charge < -0.3 is 25.0 Å². The number of nitrogens with one attached hydrogen (secondary N) is 2. The quantitative estimate of drug-likeness (QED) is 0.770. The van der Waals surface area contributed by atoms with Gasteiger partial charge in [-0.3, -0.25) is 4.79 Å². The van der Waals surface area contributed by atoms with Crippen molar-refractivity contribution in [3.05, 3.63) is 23.8 Å². The van der Waals surface area contributed by atoms with Crippen molar-refractivity contribution in [3.63, 3.8) is 0 Å². The Hall–Kier alpha value is -2.12. The van der Waals surface area contributed by atoms with Crippen LogP contribution in [0.3, 0.4) is 0 Å². The van der Waals surface area contributed by atoms with Gasteiger partial charge in [-0.05, 0) is 25.2 Å². The number of esters is 1. The Morgan fingerprint density at radius 1 is 1.32 bits per heavy atom. The topological polar surface area (TPSA) is 79.9 Å². The monoisotopic (exact) mass is 307 g/mol. The predicted molar refractivity (Wildman–Crippen MR) is 83.4 cm³/mol. The van der Waals surface area contributed by atoms with E-state index in [0.717, 1.165) is 18.8 Å². The average Bonchev–Trinajstić information content (AvgIpc) is 2.55. The van der Waals surface area contributed by atoms with Crippen molar-refractivity contribution in [2.45, 2.75) is 0 Å². The number of carbonyl (C=O) groups is 2. The summed E-state index contributed by atoms with van der Waals surface area (Å²) < 4.78 is 10.1. The summed E-state index contributed by atoms with van der Waals surface area (Å²) in [6, 6.07) is 5.35. The van der Waals surface area contributed by atoms with Gasteiger partial charge in [0.25, 0.3) is 0 Å². The summed E-state index contributed by atoms with van der Waals surface area (Å²) in [5.41, 5.74) is 1.70. The van der Waals surface area contributed by atoms with Crippen molar-refractivity contribution in [2.24, 2.45) is 0 Å². The number of amides is 1. The SMILES string of the molecule is CNCC(=O)Nc1ccc(N2CCOCC2)cc1C(=O)OC. The second-order valence-electron chi connectivity index (χ2n) is 4.90. The van der Waals surface area contributed by atoms with Crippen LogP contribution in [0.2, 0.25) is 0 Å². The second-order valence-corrected chi connectivity index (χ2v) is 4.90. The van der Waals surface area contributed by atoms with E-state index < -0.39 is 5.97 Å². The smallest absolute Gasteiger partial charge is 0.340 e. The Balaban J connectivity index is 2.25. The zero-order valence-electron chi connectivity index (χ0n) is 12.8. The number of ether oxygens (including phenoxy) is 2. The van der Waals surface area contributed by atoms with Crippen molar-refractivity contribution in [2.75, 3.05) is 57.2 Å². The summed E-state index contributed by atoms with van der Waals surface area (Å²) in [5.74, 6) is -0.693. The van der Waals surface area contributed by atoms with Gasteiger partial charge in [-0.2, -0.15) is 0 Å². The zero-order chi connectivity index (χ0) is 15.9. The molecule has 1 heterocycles. The number of anilines is 2. The second kappa shape index (κ2) is 7.77. The Morgan fingerprint density at radius 2 is 2.05 bits per heavy atom. The van der Waals surface area contributed by atoms with E-state index in [9.17, 15) is 9.59 Å². The molecular weight excluding hydrogens is 286 g/mol. The van der Waals surface area contributed by atoms with Gasteiger partial charge in [-0.15, -0.1) is 0 Å². The average molecular weight is 307 g/mol. The number of hydrogen-bond acceptors (Lipinski definition) is 6. The molecule has 0 unspecified atom stereocenters. The van der Waals surface area contributed by atoms with Crippen molar-refractivity contribution in [1.82, 2.24) is 5.32 Å². The van der Waals surface area contributed by atoms with E-state index in [-0.39, 0.29) is 12.5 Å². The minimum absolute atomic E-state index is 0.172. The third-order valence-corrected chi connectivity index (χ3v) is 3.40. The number of rotatable bonds is 5. The van der Waals surface area contributed by atoms with E-state index in [1.54, 1.807) is 19.2 Å². The van der Waals surface area contributed by atoms with E-state index in [4.69, 9.17) is 9.47 Å². The Labute approximate surface area is 129 Å². The fraction of sp³-hybridized carbons (Fsp3) is 0.467. The van der Waals surface area contributed by atoms with Crippen molar-refractivity contribution < 1.29 is 19.1 Å². The molecule has 2 rings (SSSR count). The summed E-state index contributed by atoms with van der Waals surface area (Å²) in [5, 5.41) is 5.47. The molecule has 0 saturated carbocycles. The van der Waals surface area contributed by atoms with Crippen LogP contribution in [0, 0.1) is 0 Å². The minimum atomic E-state index is -0.477. The molecule has 1 saturated heterocycles. The first-order chi connectivity index (χ1) is 10.7. The van der Waals surface area contributed by atoms with Crippen LogP contribution in [0.15, 0.2) is 18.2 Å². The van der Waals surface area contributed by atoms with Gasteiger partial charge in [0.15, 0.2) is 0 Å². The number of benzene rings is 1. The molecule has 1 aromatic carbocycles. The van der Waals surface area contributed by atoms with Crippen LogP contribution in [0.5, 0.6) is 0 Å². The van der Waals surface area contributed by atoms with Gasteiger partial charge in [0.2, 0.25) is 5.91 Å². The lowest BCUT2D eigenvalue weighted by Crippen LogP contribution is -2.36. The van der Waals surface area contributed by atoms with E-state index in [1.807, 2.05) is 6.07 Å². The highest BCUT2D eigenvalue weighted by molar-refractivity contribution is 6.02. The molecule has 7 nitrogen and oxygen atoms in total. The lowest BCUT2D eigenvalue weighted by atomic mass is 10.1. The minimum Gasteiger partial charge on any atom is -0.465 e. The van der Waals surface area contributed by atoms with Crippen LogP contribution in [0.4, 0.5) is 11.4 Å². The summed E-state index contributed by atoms with van der Waals surface area (Å²) in [6.45, 7) is 3.03. The summed E-state index contributed by atoms with van der Waals surface area (Å²) >= 11 is 0. The molecule has 1 fully saturated rings. The number of methoxy groups -OCH3 is 1. The molecule has 22 heavy (non-hydrogen) atoms. The Kier molecular flexibility index (Phi) is 5.74. The molecule has 0 bridgehead atoms.